The van der Waals surface area contributed by atoms with Crippen LogP contribution in [0.1, 0.15) is 27.2 Å². The zero-order valence-corrected chi connectivity index (χ0v) is 17.0. The minimum absolute atomic E-state index is 0.459. The van der Waals surface area contributed by atoms with E-state index in [1.165, 1.54) is 27.4 Å². The molecule has 1 aromatic heterocycles. The number of nitrogens with one attached hydrogen (secondary N) is 2. The van der Waals surface area contributed by atoms with Crippen LogP contribution in [0.25, 0.3) is 15.0 Å². The van der Waals surface area contributed by atoms with Crippen LogP contribution in [-0.2, 0) is 6.42 Å². The lowest BCUT2D eigenvalue weighted by molar-refractivity contribution is 0.0711. The summed E-state index contributed by atoms with van der Waals surface area (Å²) in [6, 6.07) is 18.7. The fourth-order valence-electron chi connectivity index (χ4n) is 3.33. The topological polar surface area (TPSA) is 61.4 Å². The Morgan fingerprint density at radius 2 is 2.00 bits per heavy atom. The third-order valence-corrected chi connectivity index (χ3v) is 7.25. The molecule has 1 aliphatic heterocycles. The van der Waals surface area contributed by atoms with Crippen molar-refractivity contribution in [2.45, 2.75) is 18.1 Å². The van der Waals surface area contributed by atoms with Crippen molar-refractivity contribution in [1.29, 1.82) is 0 Å². The molecule has 1 amide bonds. The van der Waals surface area contributed by atoms with Gasteiger partial charge in [0.25, 0.3) is 5.91 Å². The molecule has 1 atom stereocenters. The molecular weight excluding hydrogens is 388 g/mol. The molecule has 1 aliphatic rings. The average Bonchev–Trinajstić information content (AvgIpc) is 3.38. The van der Waals surface area contributed by atoms with Crippen LogP contribution >= 0.6 is 23.1 Å². The molecule has 0 fully saturated rings. The van der Waals surface area contributed by atoms with Gasteiger partial charge in [-0.1, -0.05) is 42.5 Å². The standard InChI is InChI=1S/C22H22N2O2S2/c25-22(24-26)21-13-17-12-16(6-8-20(17)28-21)19-9-7-18(27-19)14-23-11-10-15-4-2-1-3-5-15/h1-6,8-9,12-13,18,23,26H,7,10-11,14H2,(H,24,25). The van der Waals surface area contributed by atoms with Crippen molar-refractivity contribution in [3.63, 3.8) is 0 Å². The molecule has 28 heavy (non-hydrogen) atoms. The lowest BCUT2D eigenvalue weighted by Gasteiger charge is -2.12. The van der Waals surface area contributed by atoms with Gasteiger partial charge in [-0.3, -0.25) is 10.0 Å². The number of allylic oxidation sites excluding steroid dienone is 1. The van der Waals surface area contributed by atoms with Crippen LogP contribution in [0, 0.1) is 0 Å². The molecule has 1 unspecified atom stereocenters. The van der Waals surface area contributed by atoms with Crippen LogP contribution in [0.4, 0.5) is 0 Å². The predicted molar refractivity (Wildman–Crippen MR) is 118 cm³/mol. The second kappa shape index (κ2) is 8.92. The molecular formula is C22H22N2O2S2. The lowest BCUT2D eigenvalue weighted by atomic mass is 10.1. The third-order valence-electron chi connectivity index (χ3n) is 4.79. The van der Waals surface area contributed by atoms with Crippen molar-refractivity contribution in [1.82, 2.24) is 10.8 Å². The highest BCUT2D eigenvalue weighted by molar-refractivity contribution is 8.09. The fraction of sp³-hybridized carbons (Fsp3) is 0.227. The van der Waals surface area contributed by atoms with Crippen molar-refractivity contribution < 1.29 is 10.0 Å². The van der Waals surface area contributed by atoms with Crippen molar-refractivity contribution >= 4 is 44.0 Å². The second-order valence-corrected chi connectivity index (χ2v) is 9.21. The fourth-order valence-corrected chi connectivity index (χ4v) is 5.47. The second-order valence-electron chi connectivity index (χ2n) is 6.79. The first kappa shape index (κ1) is 19.2. The van der Waals surface area contributed by atoms with E-state index in [0.29, 0.717) is 10.1 Å². The van der Waals surface area contributed by atoms with Gasteiger partial charge in [-0.05, 0) is 54.1 Å². The van der Waals surface area contributed by atoms with E-state index in [-0.39, 0.29) is 0 Å². The monoisotopic (exact) mass is 410 g/mol. The first-order valence-corrected chi connectivity index (χ1v) is 11.0. The molecule has 0 saturated heterocycles. The largest absolute Gasteiger partial charge is 0.315 e. The Hall–Kier alpha value is -2.12. The van der Waals surface area contributed by atoms with Gasteiger partial charge in [0, 0.05) is 21.4 Å². The average molecular weight is 411 g/mol. The van der Waals surface area contributed by atoms with E-state index in [1.807, 2.05) is 17.8 Å². The molecule has 0 bridgehead atoms. The summed E-state index contributed by atoms with van der Waals surface area (Å²) >= 11 is 3.30. The summed E-state index contributed by atoms with van der Waals surface area (Å²) in [5, 5.41) is 14.0. The number of hydrogen-bond acceptors (Lipinski definition) is 5. The molecule has 6 heteroatoms. The van der Waals surface area contributed by atoms with Crippen molar-refractivity contribution in [3.05, 3.63) is 76.7 Å². The van der Waals surface area contributed by atoms with Crippen molar-refractivity contribution in [2.75, 3.05) is 13.1 Å². The Morgan fingerprint density at radius 1 is 1.14 bits per heavy atom. The molecule has 0 saturated carbocycles. The highest BCUT2D eigenvalue weighted by Gasteiger charge is 2.19. The van der Waals surface area contributed by atoms with Crippen LogP contribution in [0.3, 0.4) is 0 Å². The summed E-state index contributed by atoms with van der Waals surface area (Å²) < 4.78 is 1.05. The lowest BCUT2D eigenvalue weighted by Crippen LogP contribution is -2.25. The van der Waals surface area contributed by atoms with Gasteiger partial charge in [0.15, 0.2) is 0 Å². The van der Waals surface area contributed by atoms with Crippen LogP contribution in [0.15, 0.2) is 60.7 Å². The normalized spacial score (nSPS) is 16.3. The molecule has 144 valence electrons. The zero-order valence-electron chi connectivity index (χ0n) is 15.4. The van der Waals surface area contributed by atoms with Crippen LogP contribution < -0.4 is 10.8 Å². The number of hydrogen-bond donors (Lipinski definition) is 3. The maximum absolute atomic E-state index is 11.6. The van der Waals surface area contributed by atoms with Crippen molar-refractivity contribution in [2.24, 2.45) is 0 Å². The molecule has 4 nitrogen and oxygen atoms in total. The smallest absolute Gasteiger partial charge is 0.284 e. The summed E-state index contributed by atoms with van der Waals surface area (Å²) in [4.78, 5) is 13.4. The first-order chi connectivity index (χ1) is 13.7. The zero-order chi connectivity index (χ0) is 19.3. The highest BCUT2D eigenvalue weighted by atomic mass is 32.2. The number of thiophene rings is 1. The van der Waals surface area contributed by atoms with Gasteiger partial charge in [0.05, 0.1) is 4.88 Å². The highest BCUT2D eigenvalue weighted by Crippen LogP contribution is 2.40. The molecule has 0 aliphatic carbocycles. The van der Waals surface area contributed by atoms with E-state index in [1.54, 1.807) is 5.48 Å². The number of carbonyl (C=O) groups is 1. The van der Waals surface area contributed by atoms with Gasteiger partial charge < -0.3 is 5.32 Å². The first-order valence-electron chi connectivity index (χ1n) is 9.33. The Balaban J connectivity index is 1.31. The quantitative estimate of drug-likeness (QED) is 0.300. The summed E-state index contributed by atoms with van der Waals surface area (Å²) in [5.41, 5.74) is 4.26. The van der Waals surface area contributed by atoms with Gasteiger partial charge in [0.2, 0.25) is 0 Å². The maximum Gasteiger partial charge on any atom is 0.284 e. The molecule has 3 N–H and O–H groups in total. The Morgan fingerprint density at radius 3 is 2.82 bits per heavy atom. The van der Waals surface area contributed by atoms with E-state index >= 15 is 0 Å². The molecule has 0 spiro atoms. The predicted octanol–water partition coefficient (Wildman–Crippen LogP) is 4.70. The van der Waals surface area contributed by atoms with Crippen LogP contribution in [0.2, 0.25) is 0 Å². The number of fused-ring (bicyclic) bond motifs is 1. The van der Waals surface area contributed by atoms with E-state index in [9.17, 15) is 4.79 Å². The van der Waals surface area contributed by atoms with Gasteiger partial charge in [-0.25, -0.2) is 5.48 Å². The van der Waals surface area contributed by atoms with Gasteiger partial charge >= 0.3 is 0 Å². The summed E-state index contributed by atoms with van der Waals surface area (Å²) in [7, 11) is 0. The molecule has 3 aromatic rings. The van der Waals surface area contributed by atoms with Crippen LogP contribution in [0.5, 0.6) is 0 Å². The van der Waals surface area contributed by atoms with Gasteiger partial charge in [-0.15, -0.1) is 23.1 Å². The summed E-state index contributed by atoms with van der Waals surface area (Å²) in [5.74, 6) is -0.459. The van der Waals surface area contributed by atoms with E-state index in [0.717, 1.165) is 36.0 Å². The Bertz CT molecular complexity index is 998. The number of amides is 1. The van der Waals surface area contributed by atoms with E-state index < -0.39 is 5.91 Å². The number of carbonyl (C=O) groups excluding carboxylic acids is 1. The third kappa shape index (κ3) is 4.47. The molecule has 2 aromatic carbocycles. The van der Waals surface area contributed by atoms with E-state index in [4.69, 9.17) is 5.21 Å². The minimum Gasteiger partial charge on any atom is -0.315 e. The Kier molecular flexibility index (Phi) is 6.12. The van der Waals surface area contributed by atoms with E-state index in [2.05, 4.69) is 59.9 Å². The van der Waals surface area contributed by atoms with Crippen LogP contribution in [-0.4, -0.2) is 29.5 Å². The number of benzene rings is 2. The summed E-state index contributed by atoms with van der Waals surface area (Å²) in [6.45, 7) is 1.99. The number of rotatable bonds is 7. The SMILES string of the molecule is O=C(NO)c1cc2cc(C3=CCC(CNCCc4ccccc4)S3)ccc2s1. The molecule has 2 heterocycles. The molecule has 0 radical (unpaired) electrons. The number of hydroxylamine groups is 1. The summed E-state index contributed by atoms with van der Waals surface area (Å²) in [6.07, 6.45) is 4.43. The maximum atomic E-state index is 11.6. The van der Waals surface area contributed by atoms with Gasteiger partial charge in [0.1, 0.15) is 0 Å². The molecule has 4 rings (SSSR count). The minimum atomic E-state index is -0.459. The van der Waals surface area contributed by atoms with Gasteiger partial charge in [-0.2, -0.15) is 0 Å². The van der Waals surface area contributed by atoms with Crippen molar-refractivity contribution in [3.8, 4) is 0 Å². The number of thioether (sulfide) groups is 1. The Labute approximate surface area is 172 Å².